The van der Waals surface area contributed by atoms with Crippen LogP contribution >= 0.6 is 0 Å². The molecule has 4 nitrogen and oxygen atoms in total. The molecule has 0 bridgehead atoms. The Labute approximate surface area is 73.1 Å². The van der Waals surface area contributed by atoms with Crippen molar-refractivity contribution in [2.75, 3.05) is 0 Å². The summed E-state index contributed by atoms with van der Waals surface area (Å²) < 4.78 is 0. The molecule has 0 aromatic rings. The van der Waals surface area contributed by atoms with E-state index in [9.17, 15) is 0 Å². The van der Waals surface area contributed by atoms with Crippen LogP contribution in [0, 0.1) is 0 Å². The van der Waals surface area contributed by atoms with Gasteiger partial charge < -0.3 is 21.9 Å². The first-order chi connectivity index (χ1) is 0. The van der Waals surface area contributed by atoms with Crippen LogP contribution in [0.1, 0.15) is 0 Å². The van der Waals surface area contributed by atoms with E-state index in [1.165, 1.54) is 0 Å². The van der Waals surface area contributed by atoms with Gasteiger partial charge >= 0.3 is 0 Å². The Morgan fingerprint density at radius 3 is 0.429 bits per heavy atom. The predicted octanol–water partition coefficient (Wildman–Crippen LogP) is -0.483. The number of hydrogen-bond donors (Lipinski definition) is 0. The van der Waals surface area contributed by atoms with Crippen LogP contribution < -0.4 is 0 Å². The summed E-state index contributed by atoms with van der Waals surface area (Å²) in [6, 6.07) is 0. The van der Waals surface area contributed by atoms with E-state index in [0.717, 1.165) is 0 Å². The van der Waals surface area contributed by atoms with E-state index in [-0.39, 0.29) is 73.1 Å². The van der Waals surface area contributed by atoms with Crippen molar-refractivity contribution in [3.05, 3.63) is 0 Å². The van der Waals surface area contributed by atoms with Crippen LogP contribution in [0.25, 0.3) is 0 Å². The van der Waals surface area contributed by atoms with Gasteiger partial charge in [0.25, 0.3) is 0 Å². The molecule has 0 aliphatic heterocycles. The molecule has 7 heteroatoms. The average Bonchev–Trinajstić information content (AvgIpc) is 0. The molecule has 0 rings (SSSR count). The largest absolute Gasteiger partial charge is 2.00 e. The molecule has 0 N–H and O–H groups in total. The van der Waals surface area contributed by atoms with Crippen molar-refractivity contribution in [2.45, 2.75) is 0 Å². The average molecular weight is 239 g/mol. The van der Waals surface area contributed by atoms with Gasteiger partial charge in [0.1, 0.15) is 0 Å². The maximum Gasteiger partial charge on any atom is 0 e. The van der Waals surface area contributed by atoms with Gasteiger partial charge in [0, 0.05) is 51.2 Å². The van der Waals surface area contributed by atoms with E-state index in [0.29, 0.717) is 0 Å². The minimum atomic E-state index is 0. The van der Waals surface area contributed by atoms with Gasteiger partial charge in [-0.2, -0.15) is 0 Å². The Morgan fingerprint density at radius 1 is 0.429 bits per heavy atom. The van der Waals surface area contributed by atoms with Gasteiger partial charge in [0.05, 0.1) is 0 Å². The van der Waals surface area contributed by atoms with Crippen molar-refractivity contribution in [2.24, 2.45) is 0 Å². The maximum absolute atomic E-state index is 0. The summed E-state index contributed by atoms with van der Waals surface area (Å²) in [5.74, 6) is 0. The quantitative estimate of drug-likeness (QED) is 0.508. The SMILES string of the molecule is [Cu].[Fe].[Fe].[O-2].[O-2].[O-2].[O-2]. The zero-order chi connectivity index (χ0) is 0. The summed E-state index contributed by atoms with van der Waals surface area (Å²) in [5.41, 5.74) is 0. The number of rotatable bonds is 0. The molecule has 0 aliphatic rings. The molecule has 0 aromatic heterocycles. The Hall–Kier alpha value is 1.40. The van der Waals surface area contributed by atoms with E-state index in [1.807, 2.05) is 0 Å². The van der Waals surface area contributed by atoms with Crippen molar-refractivity contribution < 1.29 is 73.1 Å². The molecular formula is CuFe2O4-8. The Kier molecular flexibility index (Phi) is 5200. The Morgan fingerprint density at radius 2 is 0.429 bits per heavy atom. The van der Waals surface area contributed by atoms with Crippen LogP contribution in [0.3, 0.4) is 0 Å². The molecule has 0 fully saturated rings. The summed E-state index contributed by atoms with van der Waals surface area (Å²) in [5, 5.41) is 0. The Bertz CT molecular complexity index is 9.65. The summed E-state index contributed by atoms with van der Waals surface area (Å²) in [7, 11) is 0. The second kappa shape index (κ2) is 155. The van der Waals surface area contributed by atoms with Crippen LogP contribution in [-0.2, 0) is 73.1 Å². The molecule has 0 amide bonds. The van der Waals surface area contributed by atoms with Gasteiger partial charge in [-0.25, -0.2) is 0 Å². The van der Waals surface area contributed by atoms with Gasteiger partial charge in [0.15, 0.2) is 0 Å². The Balaban J connectivity index is 0. The second-order valence-corrected chi connectivity index (χ2v) is 0. The third kappa shape index (κ3) is 110. The predicted molar refractivity (Wildman–Crippen MR) is 2.75 cm³/mol. The van der Waals surface area contributed by atoms with Crippen molar-refractivity contribution in [3.63, 3.8) is 0 Å². The molecule has 0 atom stereocenters. The molecule has 59 valence electrons. The molecule has 0 saturated heterocycles. The van der Waals surface area contributed by atoms with Gasteiger partial charge in [0.2, 0.25) is 0 Å². The summed E-state index contributed by atoms with van der Waals surface area (Å²) in [6.45, 7) is 0. The fourth-order valence-electron chi connectivity index (χ4n) is 0. The van der Waals surface area contributed by atoms with Crippen molar-refractivity contribution in [1.29, 1.82) is 0 Å². The molecule has 0 aliphatic carbocycles. The fraction of sp³-hybridized carbons (Fsp3) is 0. The molecule has 0 heterocycles. The van der Waals surface area contributed by atoms with E-state index in [2.05, 4.69) is 0 Å². The molecule has 0 spiro atoms. The molecule has 0 unspecified atom stereocenters. The monoisotopic (exact) mass is 239 g/mol. The van der Waals surface area contributed by atoms with Crippen molar-refractivity contribution in [1.82, 2.24) is 0 Å². The molecule has 0 aromatic carbocycles. The third-order valence-corrected chi connectivity index (χ3v) is 0. The summed E-state index contributed by atoms with van der Waals surface area (Å²) >= 11 is 0. The number of hydrogen-bond acceptors (Lipinski definition) is 0. The van der Waals surface area contributed by atoms with E-state index in [1.54, 1.807) is 0 Å². The van der Waals surface area contributed by atoms with Crippen LogP contribution in [0.5, 0.6) is 0 Å². The van der Waals surface area contributed by atoms with Gasteiger partial charge in [-0.1, -0.05) is 0 Å². The first-order valence-corrected chi connectivity index (χ1v) is 0. The third-order valence-electron chi connectivity index (χ3n) is 0. The molecule has 7 heavy (non-hydrogen) atoms. The van der Waals surface area contributed by atoms with Crippen LogP contribution in [0.15, 0.2) is 0 Å². The second-order valence-electron chi connectivity index (χ2n) is 0. The van der Waals surface area contributed by atoms with Crippen LogP contribution in [-0.4, -0.2) is 0 Å². The zero-order valence-corrected chi connectivity index (χ0v) is 5.79. The van der Waals surface area contributed by atoms with Gasteiger partial charge in [-0.05, 0) is 0 Å². The minimum Gasteiger partial charge on any atom is -2.00 e. The topological polar surface area (TPSA) is 114 Å². The summed E-state index contributed by atoms with van der Waals surface area (Å²) in [4.78, 5) is 0. The standard InChI is InChI=1S/Cu.2Fe.4O/q;;;4*-2. The van der Waals surface area contributed by atoms with Crippen LogP contribution in [0.4, 0.5) is 0 Å². The smallest absolute Gasteiger partial charge is 0 e. The van der Waals surface area contributed by atoms with E-state index < -0.39 is 0 Å². The van der Waals surface area contributed by atoms with E-state index >= 15 is 0 Å². The fourth-order valence-corrected chi connectivity index (χ4v) is 0. The molecule has 0 saturated carbocycles. The first-order valence-electron chi connectivity index (χ1n) is 0. The minimum absolute atomic E-state index is 0. The maximum atomic E-state index is 0. The van der Waals surface area contributed by atoms with E-state index in [4.69, 9.17) is 0 Å². The van der Waals surface area contributed by atoms with Crippen molar-refractivity contribution in [3.8, 4) is 0 Å². The zero-order valence-electron chi connectivity index (χ0n) is 2.64. The normalized spacial score (nSPS) is 0. The molecule has 1 radical (unpaired) electrons. The van der Waals surface area contributed by atoms with Gasteiger partial charge in [-0.15, -0.1) is 0 Å². The van der Waals surface area contributed by atoms with Crippen LogP contribution in [0.2, 0.25) is 0 Å². The van der Waals surface area contributed by atoms with Gasteiger partial charge in [-0.3, -0.25) is 0 Å². The summed E-state index contributed by atoms with van der Waals surface area (Å²) in [6.07, 6.45) is 0. The first kappa shape index (κ1) is 235. The van der Waals surface area contributed by atoms with Crippen molar-refractivity contribution >= 4 is 0 Å². The molecular weight excluding hydrogens is 239 g/mol.